The highest BCUT2D eigenvalue weighted by Crippen LogP contribution is 2.29. The van der Waals surface area contributed by atoms with Crippen LogP contribution in [0.15, 0.2) is 121 Å². The van der Waals surface area contributed by atoms with Gasteiger partial charge in [-0.15, -0.1) is 0 Å². The van der Waals surface area contributed by atoms with Gasteiger partial charge in [0.2, 0.25) is 11.8 Å². The summed E-state index contributed by atoms with van der Waals surface area (Å²) < 4.78 is 11.1. The normalized spacial score (nSPS) is 20.3. The van der Waals surface area contributed by atoms with Crippen molar-refractivity contribution in [3.63, 3.8) is 0 Å². The number of likely N-dealkylation sites (tertiary alicyclic amines) is 2. The molecule has 2 amide bonds. The molecule has 0 aliphatic carbocycles. The average Bonchev–Trinajstić information content (AvgIpc) is 3.30. The largest absolute Gasteiger partial charge is 0.543 e. The van der Waals surface area contributed by atoms with Gasteiger partial charge in [0, 0.05) is 66.6 Å². The molecule has 4 aromatic rings. The van der Waals surface area contributed by atoms with Gasteiger partial charge in [-0.1, -0.05) is 121 Å². The molecule has 0 bridgehead atoms. The first-order valence-corrected chi connectivity index (χ1v) is 22.0. The van der Waals surface area contributed by atoms with Crippen molar-refractivity contribution in [3.8, 4) is 0 Å². The third-order valence-electron chi connectivity index (χ3n) is 11.8. The van der Waals surface area contributed by atoms with Crippen LogP contribution in [0.5, 0.6) is 0 Å². The van der Waals surface area contributed by atoms with E-state index >= 15 is 0 Å². The second-order valence-electron chi connectivity index (χ2n) is 16.5. The van der Waals surface area contributed by atoms with Gasteiger partial charge in [-0.25, -0.2) is 10.1 Å². The summed E-state index contributed by atoms with van der Waals surface area (Å²) in [4.78, 5) is 58.0. The topological polar surface area (TPSA) is 167 Å². The van der Waals surface area contributed by atoms with Crippen molar-refractivity contribution in [2.45, 2.75) is 76.7 Å². The molecule has 0 atom stereocenters. The highest BCUT2D eigenvalue weighted by molar-refractivity contribution is 6.25. The van der Waals surface area contributed by atoms with Crippen molar-refractivity contribution in [1.82, 2.24) is 10.1 Å². The van der Waals surface area contributed by atoms with Crippen LogP contribution in [0.25, 0.3) is 0 Å². The van der Waals surface area contributed by atoms with Crippen molar-refractivity contribution < 1.29 is 58.3 Å². The summed E-state index contributed by atoms with van der Waals surface area (Å²) in [6, 6.07) is 41.2. The molecule has 0 spiro atoms. The third-order valence-corrected chi connectivity index (χ3v) is 11.8. The second kappa shape index (κ2) is 27.0. The van der Waals surface area contributed by atoms with Gasteiger partial charge >= 0.3 is 0 Å². The molecule has 2 aliphatic heterocycles. The maximum absolute atomic E-state index is 12.5. The van der Waals surface area contributed by atoms with Crippen molar-refractivity contribution in [1.29, 1.82) is 0 Å². The minimum atomic E-state index is -2.19. The van der Waals surface area contributed by atoms with Gasteiger partial charge in [-0.3, -0.25) is 19.3 Å². The summed E-state index contributed by atoms with van der Waals surface area (Å²) in [5, 5.41) is 21.0. The zero-order valence-electron chi connectivity index (χ0n) is 37.8. The fraction of sp³-hybridized carbons (Fsp3) is 0.440. The molecule has 2 heterocycles. The number of ether oxygens (including phenoxy) is 2. The van der Waals surface area contributed by atoms with Crippen molar-refractivity contribution in [2.75, 3.05) is 66.7 Å². The predicted octanol–water partition coefficient (Wildman–Crippen LogP) is 1.03. The van der Waals surface area contributed by atoms with Gasteiger partial charge in [0.25, 0.3) is 0 Å². The monoisotopic (exact) mass is 882 g/mol. The first-order valence-electron chi connectivity index (χ1n) is 22.0. The summed E-state index contributed by atoms with van der Waals surface area (Å²) >= 11 is 0. The Morgan fingerprint density at radius 1 is 0.500 bits per heavy atom. The molecule has 14 heteroatoms. The number of methoxy groups -OCH3 is 2. The molecule has 0 saturated carbocycles. The van der Waals surface area contributed by atoms with E-state index in [2.05, 4.69) is 60.7 Å². The molecular weight excluding hydrogens is 817 g/mol. The maximum atomic E-state index is 12.5. The van der Waals surface area contributed by atoms with Gasteiger partial charge in [0.05, 0.1) is 64.4 Å². The lowest BCUT2D eigenvalue weighted by Crippen LogP contribution is -3.14. The number of hydrogen-bond donors (Lipinski definition) is 2. The Hall–Kier alpha value is -5.48. The number of carboxylic acids is 2. The molecule has 6 rings (SSSR count). The Bertz CT molecular complexity index is 1810. The summed E-state index contributed by atoms with van der Waals surface area (Å²) in [6.07, 6.45) is 5.65. The van der Waals surface area contributed by atoms with Crippen molar-refractivity contribution >= 4 is 23.8 Å². The van der Waals surface area contributed by atoms with Crippen LogP contribution in [0.4, 0.5) is 0 Å². The summed E-state index contributed by atoms with van der Waals surface area (Å²) in [6.45, 7) is 11.2. The summed E-state index contributed by atoms with van der Waals surface area (Å²) in [7, 11) is 3.40. The van der Waals surface area contributed by atoms with Crippen LogP contribution >= 0.6 is 0 Å². The summed E-state index contributed by atoms with van der Waals surface area (Å²) in [5.74, 6) is -4.50. The number of hydrogen-bond acceptors (Lipinski definition) is 10. The number of nitrogens with zero attached hydrogens (tertiary/aromatic N) is 2. The second-order valence-corrected chi connectivity index (χ2v) is 16.5. The Labute approximate surface area is 378 Å². The van der Waals surface area contributed by atoms with Gasteiger partial charge in [0.1, 0.15) is 24.3 Å². The fourth-order valence-corrected chi connectivity index (χ4v) is 8.47. The number of benzene rings is 4. The van der Waals surface area contributed by atoms with Crippen LogP contribution < -0.4 is 20.0 Å². The Balaban J connectivity index is 0.000000249. The van der Waals surface area contributed by atoms with E-state index in [0.29, 0.717) is 26.4 Å². The Morgan fingerprint density at radius 3 is 1.03 bits per heavy atom. The van der Waals surface area contributed by atoms with Crippen LogP contribution in [0.2, 0.25) is 0 Å². The van der Waals surface area contributed by atoms with Gasteiger partial charge in [0.15, 0.2) is 0 Å². The number of amides is 2. The lowest BCUT2D eigenvalue weighted by atomic mass is 9.87. The molecule has 2 fully saturated rings. The minimum absolute atomic E-state index is 0.0642. The molecule has 4 aromatic carbocycles. The van der Waals surface area contributed by atoms with E-state index < -0.39 is 23.0 Å². The van der Waals surface area contributed by atoms with Crippen LogP contribution in [-0.2, 0) is 64.4 Å². The first kappa shape index (κ1) is 51.2. The predicted molar refractivity (Wildman–Crippen MR) is 237 cm³/mol. The molecule has 2 saturated heterocycles. The lowest BCUT2D eigenvalue weighted by molar-refractivity contribution is -0.907. The fourth-order valence-electron chi connectivity index (χ4n) is 8.47. The summed E-state index contributed by atoms with van der Waals surface area (Å²) in [5.41, 5.74) is 4.07. The molecule has 0 aromatic heterocycles. The van der Waals surface area contributed by atoms with Crippen LogP contribution in [-0.4, -0.2) is 112 Å². The number of piperidine rings is 2. The number of carbonyl (C=O) groups excluding carboxylic acids is 4. The van der Waals surface area contributed by atoms with E-state index in [9.17, 15) is 9.59 Å². The van der Waals surface area contributed by atoms with Crippen LogP contribution in [0.1, 0.15) is 61.8 Å². The quantitative estimate of drug-likeness (QED) is 0.109. The number of aliphatic carboxylic acids is 2. The highest BCUT2D eigenvalue weighted by atomic mass is 16.7. The molecule has 14 nitrogen and oxygen atoms in total. The molecule has 0 radical (unpaired) electrons. The number of hydroxylamine groups is 4. The molecule has 346 valence electrons. The Morgan fingerprint density at radius 2 is 0.781 bits per heavy atom. The van der Waals surface area contributed by atoms with E-state index in [1.165, 1.54) is 11.1 Å². The number of rotatable bonds is 18. The molecule has 2 aliphatic rings. The molecule has 64 heavy (non-hydrogen) atoms. The van der Waals surface area contributed by atoms with Crippen molar-refractivity contribution in [3.05, 3.63) is 144 Å². The number of carbonyl (C=O) groups is 4. The van der Waals surface area contributed by atoms with E-state index in [-0.39, 0.29) is 11.8 Å². The van der Waals surface area contributed by atoms with Gasteiger partial charge in [-0.2, -0.15) is 0 Å². The number of nitrogens with one attached hydrogen (secondary N) is 2. The average molecular weight is 883 g/mol. The van der Waals surface area contributed by atoms with E-state index in [1.54, 1.807) is 48.0 Å². The minimum Gasteiger partial charge on any atom is -0.543 e. The maximum Gasteiger partial charge on any atom is 0.243 e. The Kier molecular flexibility index (Phi) is 21.6. The number of quaternary nitrogens is 2. The van der Waals surface area contributed by atoms with Gasteiger partial charge < -0.3 is 39.1 Å². The molecule has 0 unspecified atom stereocenters. The standard InChI is InChI=1S/2C24H32N2O3.C2H2O4/c2*1-21(27)26(29-19-23-11-7-4-8-12-23)24(20-28-2)14-17-25(18-15-24)16-13-22-9-5-3-6-10-22;3-1(4)2(5)6/h2*3-12H,13-20H2,1-2H3;(H,3,4)(H,5,6). The van der Waals surface area contributed by atoms with Crippen molar-refractivity contribution in [2.24, 2.45) is 0 Å². The zero-order chi connectivity index (χ0) is 46.2. The third kappa shape index (κ3) is 16.6. The van der Waals surface area contributed by atoms with E-state index in [0.717, 1.165) is 88.9 Å². The van der Waals surface area contributed by atoms with E-state index in [4.69, 9.17) is 39.0 Å². The van der Waals surface area contributed by atoms with Gasteiger partial charge in [-0.05, 0) is 22.3 Å². The highest BCUT2D eigenvalue weighted by Gasteiger charge is 2.46. The molecular formula is C50H66N4O10. The first-order chi connectivity index (χ1) is 30.9. The lowest BCUT2D eigenvalue weighted by Gasteiger charge is -2.45. The zero-order valence-corrected chi connectivity index (χ0v) is 37.8. The van der Waals surface area contributed by atoms with Crippen LogP contribution in [0.3, 0.4) is 0 Å². The molecule has 2 N–H and O–H groups in total. The van der Waals surface area contributed by atoms with E-state index in [1.807, 2.05) is 60.7 Å². The SMILES string of the molecule is COCC1(N(OCc2ccccc2)C(C)=O)CC[NH+](CCc2ccccc2)CC1.COCC1(N(OCc2ccccc2)C(C)=O)CC[NH+](CCc2ccccc2)CC1.O=C([O-])C(=O)[O-]. The van der Waals surface area contributed by atoms with Crippen LogP contribution in [0, 0.1) is 0 Å². The number of carboxylic acid groups (broad SMARTS) is 2. The smallest absolute Gasteiger partial charge is 0.243 e.